The average Bonchev–Trinajstić information content (AvgIpc) is 3.19. The van der Waals surface area contributed by atoms with Crippen molar-refractivity contribution in [2.24, 2.45) is 0 Å². The summed E-state index contributed by atoms with van der Waals surface area (Å²) in [7, 11) is -2.12. The number of benzene rings is 1. The molecule has 1 fully saturated rings. The van der Waals surface area contributed by atoms with Gasteiger partial charge < -0.3 is 10.6 Å². The largest absolute Gasteiger partial charge is 0.394 e. The van der Waals surface area contributed by atoms with Crippen LogP contribution in [-0.4, -0.2) is 39.5 Å². The molecule has 0 bridgehead atoms. The number of sulfonamides is 1. The van der Waals surface area contributed by atoms with Crippen LogP contribution in [0.5, 0.6) is 0 Å². The molecule has 0 aliphatic heterocycles. The van der Waals surface area contributed by atoms with Gasteiger partial charge in [-0.25, -0.2) is 21.9 Å². The highest BCUT2D eigenvalue weighted by Crippen LogP contribution is 2.25. The van der Waals surface area contributed by atoms with Gasteiger partial charge in [0.1, 0.15) is 16.4 Å². The number of anilines is 1. The fraction of sp³-hybridized carbons (Fsp3) is 0.500. The standard InChI is InChI=1S/C12H17F2N3O2S/c1-17(8-2-3-8)7-6-16-20(18,19)10-5-4-9(13)12(15)11(10)14/h4-5,8,16H,2-3,6-7,15H2,1H3. The Balaban J connectivity index is 2.04. The summed E-state index contributed by atoms with van der Waals surface area (Å²) in [5, 5.41) is 0. The van der Waals surface area contributed by atoms with Crippen molar-refractivity contribution in [3.8, 4) is 0 Å². The summed E-state index contributed by atoms with van der Waals surface area (Å²) < 4.78 is 52.9. The minimum Gasteiger partial charge on any atom is -0.394 e. The molecular formula is C12H17F2N3O2S. The topological polar surface area (TPSA) is 75.4 Å². The van der Waals surface area contributed by atoms with Crippen molar-refractivity contribution in [3.05, 3.63) is 23.8 Å². The van der Waals surface area contributed by atoms with Crippen molar-refractivity contribution in [3.63, 3.8) is 0 Å². The van der Waals surface area contributed by atoms with Gasteiger partial charge in [0.25, 0.3) is 0 Å². The van der Waals surface area contributed by atoms with E-state index in [0.717, 1.165) is 25.0 Å². The molecule has 1 aromatic carbocycles. The number of nitrogens with zero attached hydrogens (tertiary/aromatic N) is 1. The van der Waals surface area contributed by atoms with E-state index in [-0.39, 0.29) is 6.54 Å². The zero-order chi connectivity index (χ0) is 14.9. The minimum atomic E-state index is -4.03. The van der Waals surface area contributed by atoms with Crippen LogP contribution in [0.4, 0.5) is 14.5 Å². The number of halogens is 2. The van der Waals surface area contributed by atoms with Crippen LogP contribution in [0.2, 0.25) is 0 Å². The van der Waals surface area contributed by atoms with Crippen molar-refractivity contribution in [1.29, 1.82) is 0 Å². The third-order valence-corrected chi connectivity index (χ3v) is 4.79. The van der Waals surface area contributed by atoms with Gasteiger partial charge in [0.2, 0.25) is 10.0 Å². The molecule has 0 radical (unpaired) electrons. The summed E-state index contributed by atoms with van der Waals surface area (Å²) >= 11 is 0. The van der Waals surface area contributed by atoms with Gasteiger partial charge in [-0.3, -0.25) is 0 Å². The molecule has 5 nitrogen and oxygen atoms in total. The Labute approximate surface area is 116 Å². The molecule has 0 spiro atoms. The molecule has 20 heavy (non-hydrogen) atoms. The Kier molecular flexibility index (Phi) is 4.26. The Morgan fingerprint density at radius 3 is 2.65 bits per heavy atom. The number of likely N-dealkylation sites (N-methyl/N-ethyl adjacent to an activating group) is 1. The highest BCUT2D eigenvalue weighted by molar-refractivity contribution is 7.89. The van der Waals surface area contributed by atoms with Crippen molar-refractivity contribution in [1.82, 2.24) is 9.62 Å². The third kappa shape index (κ3) is 3.25. The molecular weight excluding hydrogens is 288 g/mol. The number of nitrogens with one attached hydrogen (secondary N) is 1. The Bertz CT molecular complexity index is 603. The lowest BCUT2D eigenvalue weighted by molar-refractivity contribution is 0.329. The molecule has 3 N–H and O–H groups in total. The fourth-order valence-corrected chi connectivity index (χ4v) is 3.00. The van der Waals surface area contributed by atoms with Crippen LogP contribution in [-0.2, 0) is 10.0 Å². The molecule has 0 saturated heterocycles. The highest BCUT2D eigenvalue weighted by atomic mass is 32.2. The summed E-state index contributed by atoms with van der Waals surface area (Å²) in [4.78, 5) is 1.41. The van der Waals surface area contributed by atoms with Crippen molar-refractivity contribution in [2.45, 2.75) is 23.8 Å². The zero-order valence-electron chi connectivity index (χ0n) is 11.1. The van der Waals surface area contributed by atoms with Crippen LogP contribution in [0.1, 0.15) is 12.8 Å². The Hall–Kier alpha value is -1.25. The molecule has 112 valence electrons. The van der Waals surface area contributed by atoms with Crippen LogP contribution in [0.25, 0.3) is 0 Å². The highest BCUT2D eigenvalue weighted by Gasteiger charge is 2.26. The second-order valence-electron chi connectivity index (χ2n) is 4.88. The van der Waals surface area contributed by atoms with Gasteiger partial charge in [-0.2, -0.15) is 0 Å². The maximum atomic E-state index is 13.7. The lowest BCUT2D eigenvalue weighted by Crippen LogP contribution is -2.34. The van der Waals surface area contributed by atoms with Crippen LogP contribution < -0.4 is 10.5 Å². The van der Waals surface area contributed by atoms with Gasteiger partial charge in [-0.15, -0.1) is 0 Å². The molecule has 0 amide bonds. The van der Waals surface area contributed by atoms with E-state index in [1.165, 1.54) is 0 Å². The van der Waals surface area contributed by atoms with Crippen molar-refractivity contribution >= 4 is 15.7 Å². The number of hydrogen-bond donors (Lipinski definition) is 2. The van der Waals surface area contributed by atoms with E-state index in [1.807, 2.05) is 11.9 Å². The van der Waals surface area contributed by atoms with Crippen LogP contribution in [0.3, 0.4) is 0 Å². The predicted octanol–water partition coefficient (Wildman–Crippen LogP) is 0.919. The van der Waals surface area contributed by atoms with E-state index in [0.29, 0.717) is 12.6 Å². The second kappa shape index (κ2) is 5.63. The normalized spacial score (nSPS) is 15.8. The van der Waals surface area contributed by atoms with Crippen LogP contribution in [0, 0.1) is 11.6 Å². The Morgan fingerprint density at radius 1 is 1.40 bits per heavy atom. The van der Waals surface area contributed by atoms with Gasteiger partial charge in [0.15, 0.2) is 5.82 Å². The average molecular weight is 305 g/mol. The molecule has 2 rings (SSSR count). The van der Waals surface area contributed by atoms with Crippen LogP contribution >= 0.6 is 0 Å². The molecule has 1 aromatic rings. The van der Waals surface area contributed by atoms with Gasteiger partial charge in [0, 0.05) is 19.1 Å². The number of nitrogen functional groups attached to an aromatic ring is 1. The molecule has 1 saturated carbocycles. The minimum absolute atomic E-state index is 0.159. The molecule has 0 atom stereocenters. The summed E-state index contributed by atoms with van der Waals surface area (Å²) in [6.07, 6.45) is 2.23. The van der Waals surface area contributed by atoms with Gasteiger partial charge >= 0.3 is 0 Å². The summed E-state index contributed by atoms with van der Waals surface area (Å²) in [5.41, 5.74) is 4.36. The van der Waals surface area contributed by atoms with Crippen molar-refractivity contribution < 1.29 is 17.2 Å². The number of rotatable bonds is 6. The van der Waals surface area contributed by atoms with E-state index >= 15 is 0 Å². The smallest absolute Gasteiger partial charge is 0.243 e. The molecule has 1 aliphatic carbocycles. The maximum Gasteiger partial charge on any atom is 0.243 e. The van der Waals surface area contributed by atoms with E-state index in [2.05, 4.69) is 4.72 Å². The van der Waals surface area contributed by atoms with E-state index in [1.54, 1.807) is 0 Å². The first-order valence-electron chi connectivity index (χ1n) is 6.26. The van der Waals surface area contributed by atoms with E-state index in [4.69, 9.17) is 5.73 Å². The lowest BCUT2D eigenvalue weighted by atomic mass is 10.3. The molecule has 0 heterocycles. The Morgan fingerprint density at radius 2 is 2.05 bits per heavy atom. The molecule has 0 aromatic heterocycles. The lowest BCUT2D eigenvalue weighted by Gasteiger charge is -2.16. The molecule has 1 aliphatic rings. The maximum absolute atomic E-state index is 13.7. The first kappa shape index (κ1) is 15.1. The monoisotopic (exact) mass is 305 g/mol. The van der Waals surface area contributed by atoms with Gasteiger partial charge in [-0.1, -0.05) is 0 Å². The third-order valence-electron chi connectivity index (χ3n) is 3.31. The zero-order valence-corrected chi connectivity index (χ0v) is 11.9. The van der Waals surface area contributed by atoms with E-state index in [9.17, 15) is 17.2 Å². The van der Waals surface area contributed by atoms with Crippen molar-refractivity contribution in [2.75, 3.05) is 25.9 Å². The first-order chi connectivity index (χ1) is 9.33. The second-order valence-corrected chi connectivity index (χ2v) is 6.62. The van der Waals surface area contributed by atoms with Gasteiger partial charge in [-0.05, 0) is 32.0 Å². The summed E-state index contributed by atoms with van der Waals surface area (Å²) in [6, 6.07) is 2.22. The summed E-state index contributed by atoms with van der Waals surface area (Å²) in [6.45, 7) is 0.689. The number of hydrogen-bond acceptors (Lipinski definition) is 4. The first-order valence-corrected chi connectivity index (χ1v) is 7.74. The molecule has 8 heteroatoms. The quantitative estimate of drug-likeness (QED) is 0.766. The SMILES string of the molecule is CN(CCNS(=O)(=O)c1ccc(F)c(N)c1F)C1CC1. The predicted molar refractivity (Wildman–Crippen MR) is 71.6 cm³/mol. The van der Waals surface area contributed by atoms with Crippen LogP contribution in [0.15, 0.2) is 17.0 Å². The summed E-state index contributed by atoms with van der Waals surface area (Å²) in [5.74, 6) is -2.23. The van der Waals surface area contributed by atoms with E-state index < -0.39 is 32.2 Å². The van der Waals surface area contributed by atoms with Gasteiger partial charge in [0.05, 0.1) is 0 Å². The number of nitrogens with two attached hydrogens (primary N) is 1. The fourth-order valence-electron chi connectivity index (χ4n) is 1.89. The molecule has 0 unspecified atom stereocenters.